The molecule has 0 spiro atoms. The summed E-state index contributed by atoms with van der Waals surface area (Å²) in [6, 6.07) is 7.22. The molecule has 1 fully saturated rings. The molecule has 0 radical (unpaired) electrons. The first-order chi connectivity index (χ1) is 9.40. The van der Waals surface area contributed by atoms with Gasteiger partial charge in [-0.2, -0.15) is 0 Å². The van der Waals surface area contributed by atoms with E-state index in [2.05, 4.69) is 5.32 Å². The quantitative estimate of drug-likeness (QED) is 0.839. The zero-order chi connectivity index (χ0) is 14.9. The standard InChI is InChI=1S/C15H20N2O2S/c1-8-9(2)19-10(3)13(8)15(18)17-12-6-4-11(5-7-12)14(16)20/h4-10,13H,1-3H3,(H2,16,20)(H,17,18). The first kappa shape index (κ1) is 14.9. The Bertz CT molecular complexity index is 515. The Labute approximate surface area is 124 Å². The fourth-order valence-corrected chi connectivity index (χ4v) is 2.80. The lowest BCUT2D eigenvalue weighted by Crippen LogP contribution is -2.31. The van der Waals surface area contributed by atoms with E-state index in [1.807, 2.05) is 20.8 Å². The number of hydrogen-bond donors (Lipinski definition) is 2. The van der Waals surface area contributed by atoms with Gasteiger partial charge in [0.2, 0.25) is 5.91 Å². The van der Waals surface area contributed by atoms with Gasteiger partial charge in [0.25, 0.3) is 0 Å². The Hall–Kier alpha value is -1.46. The van der Waals surface area contributed by atoms with Gasteiger partial charge in [-0.3, -0.25) is 4.79 Å². The van der Waals surface area contributed by atoms with E-state index in [0.717, 1.165) is 11.3 Å². The molecule has 1 amide bonds. The van der Waals surface area contributed by atoms with Gasteiger partial charge in [-0.1, -0.05) is 19.1 Å². The van der Waals surface area contributed by atoms with Crippen molar-refractivity contribution in [2.24, 2.45) is 17.6 Å². The van der Waals surface area contributed by atoms with Crippen LogP contribution in [0.15, 0.2) is 24.3 Å². The number of amides is 1. The predicted molar refractivity (Wildman–Crippen MR) is 83.6 cm³/mol. The van der Waals surface area contributed by atoms with Crippen LogP contribution in [0.2, 0.25) is 0 Å². The van der Waals surface area contributed by atoms with E-state index >= 15 is 0 Å². The Morgan fingerprint density at radius 3 is 2.25 bits per heavy atom. The Morgan fingerprint density at radius 1 is 1.20 bits per heavy atom. The predicted octanol–water partition coefficient (Wildman–Crippen LogP) is 2.32. The first-order valence-corrected chi connectivity index (χ1v) is 7.17. The monoisotopic (exact) mass is 292 g/mol. The van der Waals surface area contributed by atoms with Crippen molar-refractivity contribution < 1.29 is 9.53 Å². The first-order valence-electron chi connectivity index (χ1n) is 6.76. The second-order valence-electron chi connectivity index (χ2n) is 5.36. The fraction of sp³-hybridized carbons (Fsp3) is 0.467. The van der Waals surface area contributed by atoms with Crippen molar-refractivity contribution in [2.45, 2.75) is 33.0 Å². The molecule has 0 aliphatic carbocycles. The number of anilines is 1. The van der Waals surface area contributed by atoms with Crippen LogP contribution < -0.4 is 11.1 Å². The lowest BCUT2D eigenvalue weighted by Gasteiger charge is -2.18. The SMILES string of the molecule is CC1OC(C)C(C(=O)Nc2ccc(C(N)=S)cc2)C1C. The minimum absolute atomic E-state index is 0.00238. The third-order valence-corrected chi connectivity index (χ3v) is 4.22. The van der Waals surface area contributed by atoms with Crippen molar-refractivity contribution in [3.8, 4) is 0 Å². The van der Waals surface area contributed by atoms with E-state index < -0.39 is 0 Å². The van der Waals surface area contributed by atoms with Crippen molar-refractivity contribution in [3.63, 3.8) is 0 Å². The van der Waals surface area contributed by atoms with Gasteiger partial charge in [-0.05, 0) is 44.0 Å². The van der Waals surface area contributed by atoms with Crippen LogP contribution in [-0.2, 0) is 9.53 Å². The van der Waals surface area contributed by atoms with E-state index in [9.17, 15) is 4.79 Å². The molecule has 1 aliphatic rings. The number of nitrogens with one attached hydrogen (secondary N) is 1. The van der Waals surface area contributed by atoms with Crippen LogP contribution in [0.3, 0.4) is 0 Å². The molecule has 0 bridgehead atoms. The maximum atomic E-state index is 12.4. The lowest BCUT2D eigenvalue weighted by atomic mass is 9.89. The third kappa shape index (κ3) is 2.99. The number of benzene rings is 1. The molecule has 0 saturated carbocycles. The van der Waals surface area contributed by atoms with E-state index in [1.165, 1.54) is 0 Å². The van der Waals surface area contributed by atoms with Gasteiger partial charge in [0, 0.05) is 11.3 Å². The number of carbonyl (C=O) groups is 1. The van der Waals surface area contributed by atoms with Crippen LogP contribution in [0.5, 0.6) is 0 Å². The molecule has 1 aromatic carbocycles. The maximum absolute atomic E-state index is 12.4. The van der Waals surface area contributed by atoms with Gasteiger partial charge in [0.15, 0.2) is 0 Å². The van der Waals surface area contributed by atoms with Gasteiger partial charge < -0.3 is 15.8 Å². The molecule has 4 atom stereocenters. The highest BCUT2D eigenvalue weighted by Crippen LogP contribution is 2.32. The molecule has 1 saturated heterocycles. The normalized spacial score (nSPS) is 29.1. The number of hydrogen-bond acceptors (Lipinski definition) is 3. The van der Waals surface area contributed by atoms with Crippen LogP contribution in [0.1, 0.15) is 26.3 Å². The highest BCUT2D eigenvalue weighted by atomic mass is 32.1. The van der Waals surface area contributed by atoms with Crippen molar-refractivity contribution in [1.29, 1.82) is 0 Å². The van der Waals surface area contributed by atoms with Gasteiger partial charge in [-0.25, -0.2) is 0 Å². The molecule has 1 aliphatic heterocycles. The smallest absolute Gasteiger partial charge is 0.230 e. The van der Waals surface area contributed by atoms with Gasteiger partial charge in [0.1, 0.15) is 4.99 Å². The number of carbonyl (C=O) groups excluding carboxylic acids is 1. The van der Waals surface area contributed by atoms with Crippen LogP contribution in [0.25, 0.3) is 0 Å². The molecule has 3 N–H and O–H groups in total. The lowest BCUT2D eigenvalue weighted by molar-refractivity contribution is -0.121. The van der Waals surface area contributed by atoms with Crippen LogP contribution in [0.4, 0.5) is 5.69 Å². The van der Waals surface area contributed by atoms with Crippen molar-refractivity contribution >= 4 is 28.8 Å². The largest absolute Gasteiger partial charge is 0.389 e. The second kappa shape index (κ2) is 5.89. The van der Waals surface area contributed by atoms with Crippen LogP contribution in [0, 0.1) is 11.8 Å². The number of ether oxygens (including phenoxy) is 1. The summed E-state index contributed by atoms with van der Waals surface area (Å²) >= 11 is 4.90. The summed E-state index contributed by atoms with van der Waals surface area (Å²) < 4.78 is 5.70. The Balaban J connectivity index is 2.06. The Kier molecular flexibility index (Phi) is 4.40. The fourth-order valence-electron chi connectivity index (χ4n) is 2.66. The molecule has 4 nitrogen and oxygen atoms in total. The van der Waals surface area contributed by atoms with Crippen molar-refractivity contribution in [2.75, 3.05) is 5.32 Å². The van der Waals surface area contributed by atoms with Crippen molar-refractivity contribution in [3.05, 3.63) is 29.8 Å². The molecule has 20 heavy (non-hydrogen) atoms. The minimum atomic E-state index is -0.125. The summed E-state index contributed by atoms with van der Waals surface area (Å²) in [5.74, 6) is 0.0820. The maximum Gasteiger partial charge on any atom is 0.230 e. The summed E-state index contributed by atoms with van der Waals surface area (Å²) in [5.41, 5.74) is 7.08. The van der Waals surface area contributed by atoms with Gasteiger partial charge in [0.05, 0.1) is 18.1 Å². The molecule has 4 unspecified atom stereocenters. The summed E-state index contributed by atoms with van der Waals surface area (Å²) in [6.45, 7) is 6.00. The zero-order valence-corrected chi connectivity index (χ0v) is 12.7. The van der Waals surface area contributed by atoms with Crippen LogP contribution >= 0.6 is 12.2 Å². The highest BCUT2D eigenvalue weighted by Gasteiger charge is 2.41. The molecule has 2 rings (SSSR count). The molecule has 1 aromatic rings. The number of rotatable bonds is 3. The zero-order valence-electron chi connectivity index (χ0n) is 11.9. The van der Waals surface area contributed by atoms with Gasteiger partial charge >= 0.3 is 0 Å². The summed E-state index contributed by atoms with van der Waals surface area (Å²) in [6.07, 6.45) is 0.0497. The molecule has 0 aromatic heterocycles. The van der Waals surface area contributed by atoms with E-state index in [4.69, 9.17) is 22.7 Å². The summed E-state index contributed by atoms with van der Waals surface area (Å²) in [5, 5.41) is 2.93. The average molecular weight is 292 g/mol. The van der Waals surface area contributed by atoms with E-state index in [0.29, 0.717) is 4.99 Å². The van der Waals surface area contributed by atoms with Gasteiger partial charge in [-0.15, -0.1) is 0 Å². The Morgan fingerprint density at radius 2 is 1.80 bits per heavy atom. The van der Waals surface area contributed by atoms with Crippen LogP contribution in [-0.4, -0.2) is 23.1 Å². The molecular weight excluding hydrogens is 272 g/mol. The molecule has 108 valence electrons. The second-order valence-corrected chi connectivity index (χ2v) is 5.80. The highest BCUT2D eigenvalue weighted by molar-refractivity contribution is 7.80. The number of thiocarbonyl (C=S) groups is 1. The summed E-state index contributed by atoms with van der Waals surface area (Å²) in [4.78, 5) is 12.7. The van der Waals surface area contributed by atoms with E-state index in [1.54, 1.807) is 24.3 Å². The van der Waals surface area contributed by atoms with E-state index in [-0.39, 0.29) is 30.0 Å². The molecular formula is C15H20N2O2S. The minimum Gasteiger partial charge on any atom is -0.389 e. The third-order valence-electron chi connectivity index (χ3n) is 3.98. The molecule has 5 heteroatoms. The average Bonchev–Trinajstić information content (AvgIpc) is 2.63. The van der Waals surface area contributed by atoms with Crippen molar-refractivity contribution in [1.82, 2.24) is 0 Å². The number of nitrogens with two attached hydrogens (primary N) is 1. The molecule has 1 heterocycles. The topological polar surface area (TPSA) is 64.3 Å². The summed E-state index contributed by atoms with van der Waals surface area (Å²) in [7, 11) is 0.